The second-order valence-corrected chi connectivity index (χ2v) is 8.46. The van der Waals surface area contributed by atoms with Gasteiger partial charge in [-0.3, -0.25) is 9.59 Å². The molecule has 0 unspecified atom stereocenters. The smallest absolute Gasteiger partial charge is 0.648 e. The van der Waals surface area contributed by atoms with Gasteiger partial charge in [-0.2, -0.15) is 0 Å². The van der Waals surface area contributed by atoms with E-state index in [-0.39, 0.29) is 127 Å². The van der Waals surface area contributed by atoms with Crippen LogP contribution in [0.15, 0.2) is 24.3 Å². The molecular formula is C26H39N4O7Rb. The van der Waals surface area contributed by atoms with Crippen molar-refractivity contribution in [1.82, 2.24) is 16.0 Å². The van der Waals surface area contributed by atoms with Crippen LogP contribution in [0.1, 0.15) is 56.6 Å². The number of rotatable bonds is 19. The Hall–Kier alpha value is -1.66. The maximum absolute atomic E-state index is 11.9. The van der Waals surface area contributed by atoms with Gasteiger partial charge in [0.25, 0.3) is 0 Å². The predicted molar refractivity (Wildman–Crippen MR) is 138 cm³/mol. The molecule has 0 heterocycles. The summed E-state index contributed by atoms with van der Waals surface area (Å²) < 4.78 is 10.3. The van der Waals surface area contributed by atoms with Crippen LogP contribution in [0.2, 0.25) is 0 Å². The monoisotopic (exact) mass is 604 g/mol. The molecule has 0 bridgehead atoms. The quantitative estimate of drug-likeness (QED) is 0.174. The number of Topliss-reactive ketones (excluding diaryl/α,β-unsaturated/α-hetero) is 1. The number of nitrogens with zero attached hydrogens (tertiary/aromatic N) is 1. The van der Waals surface area contributed by atoms with Crippen molar-refractivity contribution in [2.45, 2.75) is 58.4 Å². The van der Waals surface area contributed by atoms with E-state index in [0.717, 1.165) is 30.4 Å². The molecule has 0 aliphatic carbocycles. The van der Waals surface area contributed by atoms with Crippen molar-refractivity contribution in [2.24, 2.45) is 0 Å². The summed E-state index contributed by atoms with van der Waals surface area (Å²) in [6, 6.07) is 7.21. The predicted octanol–water partition coefficient (Wildman–Crippen LogP) is -0.832. The van der Waals surface area contributed by atoms with Crippen LogP contribution in [0.25, 0.3) is 5.32 Å². The van der Waals surface area contributed by atoms with Crippen LogP contribution < -0.4 is 74.1 Å². The van der Waals surface area contributed by atoms with Gasteiger partial charge in [-0.25, -0.2) is 4.79 Å². The number of carbonyl (C=O) groups is 5. The number of ether oxygens (including phenoxy) is 2. The molecule has 0 fully saturated rings. The van der Waals surface area contributed by atoms with Crippen LogP contribution >= 0.6 is 0 Å². The molecular weight excluding hydrogens is 566 g/mol. The Morgan fingerprint density at radius 2 is 1.53 bits per heavy atom. The number of carbonyl (C=O) groups excluding carboxylic acids is 5. The maximum atomic E-state index is 11.9. The molecule has 3 N–H and O–H groups in total. The number of ketones is 1. The number of alkyl carbamates (subject to hydrolysis) is 1. The second-order valence-electron chi connectivity index (χ2n) is 8.46. The van der Waals surface area contributed by atoms with Crippen molar-refractivity contribution in [2.75, 3.05) is 40.0 Å². The normalized spacial score (nSPS) is 10.1. The molecule has 1 aromatic carbocycles. The zero-order chi connectivity index (χ0) is 27.3. The summed E-state index contributed by atoms with van der Waals surface area (Å²) in [5.74, 6) is -0.513. The average Bonchev–Trinajstić information content (AvgIpc) is 2.87. The van der Waals surface area contributed by atoms with Crippen molar-refractivity contribution in [3.05, 3.63) is 40.7 Å². The molecule has 0 aliphatic rings. The summed E-state index contributed by atoms with van der Waals surface area (Å²) in [7, 11) is 1.55. The molecule has 0 spiro atoms. The Kier molecular flexibility index (Phi) is 22.2. The number of amides is 4. The molecule has 12 heteroatoms. The molecule has 0 aliphatic heterocycles. The summed E-state index contributed by atoms with van der Waals surface area (Å²) in [5, 5.41) is 11.8. The van der Waals surface area contributed by atoms with E-state index in [9.17, 15) is 24.0 Å². The van der Waals surface area contributed by atoms with Gasteiger partial charge in [-0.15, -0.1) is 6.54 Å². The Labute approximate surface area is 273 Å². The molecule has 0 saturated carbocycles. The molecule has 0 aromatic heterocycles. The van der Waals surface area contributed by atoms with Gasteiger partial charge in [0, 0.05) is 39.4 Å². The van der Waals surface area contributed by atoms with E-state index < -0.39 is 6.09 Å². The van der Waals surface area contributed by atoms with Crippen LogP contribution in [-0.2, 0) is 41.6 Å². The third kappa shape index (κ3) is 20.3. The minimum Gasteiger partial charge on any atom is -0.648 e. The fourth-order valence-electron chi connectivity index (χ4n) is 3.08. The summed E-state index contributed by atoms with van der Waals surface area (Å²) >= 11 is 0. The summed E-state index contributed by atoms with van der Waals surface area (Å²) in [4.78, 5) is 57.4. The maximum Gasteiger partial charge on any atom is 1.00 e. The number of hydrogen-bond acceptors (Lipinski definition) is 7. The largest absolute Gasteiger partial charge is 1.00 e. The van der Waals surface area contributed by atoms with Crippen molar-refractivity contribution in [3.8, 4) is 0 Å². The van der Waals surface area contributed by atoms with Gasteiger partial charge in [-0.05, 0) is 25.3 Å². The van der Waals surface area contributed by atoms with E-state index in [1.54, 1.807) is 38.2 Å². The molecule has 38 heavy (non-hydrogen) atoms. The first kappa shape index (κ1) is 36.3. The molecule has 0 radical (unpaired) electrons. The van der Waals surface area contributed by atoms with Crippen LogP contribution in [0.5, 0.6) is 0 Å². The Morgan fingerprint density at radius 3 is 2.21 bits per heavy atom. The Bertz CT molecular complexity index is 866. The molecule has 4 amide bonds. The van der Waals surface area contributed by atoms with Gasteiger partial charge >= 0.3 is 64.3 Å². The van der Waals surface area contributed by atoms with Gasteiger partial charge < -0.3 is 40.3 Å². The zero-order valence-corrected chi connectivity index (χ0v) is 27.7. The molecule has 0 saturated heterocycles. The van der Waals surface area contributed by atoms with Crippen LogP contribution in [0, 0.1) is 0 Å². The first-order valence-electron chi connectivity index (χ1n) is 12.5. The Balaban J connectivity index is 0.0000137. The summed E-state index contributed by atoms with van der Waals surface area (Å²) in [6.07, 6.45) is 3.45. The molecule has 206 valence electrons. The third-order valence-electron chi connectivity index (χ3n) is 5.15. The topological polar surface area (TPSA) is 154 Å². The Morgan fingerprint density at radius 1 is 0.816 bits per heavy atom. The van der Waals surface area contributed by atoms with Crippen molar-refractivity contribution in [1.29, 1.82) is 0 Å². The van der Waals surface area contributed by atoms with Crippen LogP contribution in [-0.4, -0.2) is 69.6 Å². The number of unbranched alkanes of at least 4 members (excludes halogenated alkanes) is 2. The van der Waals surface area contributed by atoms with Crippen molar-refractivity contribution < 1.29 is 91.6 Å². The standard InChI is InChI=1S/C26H40N4O7.Rb/c1-20(31)7-4-3-5-13-29-26(35)37-16-6-15-36-19-25(34)30-18-22-10-8-21(9-11-22)17-24(33)28-14-12-23(32)27-2;/h8-11H,3-7,12-19H2,1-2H3,(H4,27,28,29,30,32,33,34,35);/q;+1/p-1. The van der Waals surface area contributed by atoms with Crippen LogP contribution in [0.4, 0.5) is 4.79 Å². The second kappa shape index (κ2) is 23.2. The zero-order valence-electron chi connectivity index (χ0n) is 22.8. The number of hydrogen-bond donors (Lipinski definition) is 3. The summed E-state index contributed by atoms with van der Waals surface area (Å²) in [5.41, 5.74) is 1.65. The minimum atomic E-state index is -0.495. The number of benzene rings is 1. The van der Waals surface area contributed by atoms with E-state index in [0.29, 0.717) is 19.4 Å². The number of nitrogens with one attached hydrogen (secondary N) is 3. The molecule has 1 aromatic rings. The van der Waals surface area contributed by atoms with Gasteiger partial charge in [-0.1, -0.05) is 36.2 Å². The van der Waals surface area contributed by atoms with E-state index in [1.165, 1.54) is 0 Å². The van der Waals surface area contributed by atoms with Crippen LogP contribution in [0.3, 0.4) is 0 Å². The van der Waals surface area contributed by atoms with Gasteiger partial charge in [0.15, 0.2) is 0 Å². The molecule has 0 atom stereocenters. The molecule has 1 rings (SSSR count). The van der Waals surface area contributed by atoms with E-state index >= 15 is 0 Å². The SMILES string of the molecule is CNC(=O)CCNC(=O)Cc1ccc(C[N-]C(=O)COCCCOC(=O)NCCCCCC(C)=O)cc1.[Rb+]. The average molecular weight is 605 g/mol. The minimum absolute atomic E-state index is 0. The van der Waals surface area contributed by atoms with Crippen molar-refractivity contribution in [3.63, 3.8) is 0 Å². The van der Waals surface area contributed by atoms with Gasteiger partial charge in [0.2, 0.25) is 11.8 Å². The first-order chi connectivity index (χ1) is 17.8. The van der Waals surface area contributed by atoms with Gasteiger partial charge in [0.05, 0.1) is 32.1 Å². The van der Waals surface area contributed by atoms with Crippen molar-refractivity contribution >= 4 is 29.6 Å². The molecule has 11 nitrogen and oxygen atoms in total. The van der Waals surface area contributed by atoms with E-state index in [4.69, 9.17) is 9.47 Å². The van der Waals surface area contributed by atoms with E-state index in [2.05, 4.69) is 21.3 Å². The third-order valence-corrected chi connectivity index (χ3v) is 5.15. The summed E-state index contributed by atoms with van der Waals surface area (Å²) in [6.45, 7) is 2.85. The fraction of sp³-hybridized carbons (Fsp3) is 0.577. The fourth-order valence-corrected chi connectivity index (χ4v) is 3.08. The first-order valence-corrected chi connectivity index (χ1v) is 12.5. The van der Waals surface area contributed by atoms with E-state index in [1.807, 2.05) is 0 Å². The van der Waals surface area contributed by atoms with Gasteiger partial charge in [0.1, 0.15) is 5.78 Å².